The van der Waals surface area contributed by atoms with Crippen LogP contribution in [0.1, 0.15) is 12.0 Å². The number of nitrogens with one attached hydrogen (secondary N) is 1. The summed E-state index contributed by atoms with van der Waals surface area (Å²) in [5, 5.41) is 10.3. The maximum absolute atomic E-state index is 12.4. The molecule has 0 aliphatic heterocycles. The van der Waals surface area contributed by atoms with Gasteiger partial charge in [0, 0.05) is 11.3 Å². The van der Waals surface area contributed by atoms with Gasteiger partial charge in [0.2, 0.25) is 11.0 Å². The third-order valence-electron chi connectivity index (χ3n) is 2.20. The lowest BCUT2D eigenvalue weighted by Gasteiger charge is -2.05. The number of nitrogens with zero attached hydrogens (tertiary/aromatic N) is 2. The third kappa shape index (κ3) is 4.14. The van der Waals surface area contributed by atoms with Gasteiger partial charge in [-0.3, -0.25) is 4.79 Å². The van der Waals surface area contributed by atoms with E-state index in [0.29, 0.717) is 15.2 Å². The monoisotopic (exact) mass is 316 g/mol. The summed E-state index contributed by atoms with van der Waals surface area (Å²) in [7, 11) is 0. The molecule has 9 heteroatoms. The first-order valence-electron chi connectivity index (χ1n) is 5.44. The van der Waals surface area contributed by atoms with E-state index in [4.69, 9.17) is 5.73 Å². The largest absolute Gasteiger partial charge is 0.374 e. The summed E-state index contributed by atoms with van der Waals surface area (Å²) in [6.07, 6.45) is -2.52. The number of rotatable bonds is 5. The fraction of sp³-hybridized carbons (Fsp3) is 0.182. The maximum Gasteiger partial charge on any atom is 0.263 e. The topological polar surface area (TPSA) is 80.9 Å². The molecule has 5 nitrogen and oxygen atoms in total. The van der Waals surface area contributed by atoms with Crippen LogP contribution in [0.2, 0.25) is 0 Å². The molecule has 1 aromatic heterocycles. The summed E-state index contributed by atoms with van der Waals surface area (Å²) in [4.78, 5) is 11.7. The molecule has 2 aromatic rings. The van der Waals surface area contributed by atoms with E-state index >= 15 is 0 Å². The van der Waals surface area contributed by atoms with Gasteiger partial charge in [0.25, 0.3) is 6.43 Å². The van der Waals surface area contributed by atoms with Crippen LogP contribution < -0.4 is 11.1 Å². The van der Waals surface area contributed by atoms with E-state index in [0.717, 1.165) is 0 Å². The number of hydrogen-bond acceptors (Lipinski definition) is 6. The van der Waals surface area contributed by atoms with Crippen molar-refractivity contribution >= 4 is 39.8 Å². The number of alkyl halides is 2. The fourth-order valence-corrected chi connectivity index (χ4v) is 2.75. The first kappa shape index (κ1) is 14.7. The molecule has 0 spiro atoms. The summed E-state index contributed by atoms with van der Waals surface area (Å²) >= 11 is 2.41. The normalized spacial score (nSPS) is 10.8. The number of hydrogen-bond donors (Lipinski definition) is 2. The molecule has 106 valence electrons. The van der Waals surface area contributed by atoms with E-state index < -0.39 is 6.43 Å². The summed E-state index contributed by atoms with van der Waals surface area (Å²) in [6, 6.07) is 5.43. The van der Waals surface area contributed by atoms with Gasteiger partial charge in [0.1, 0.15) is 0 Å². The lowest BCUT2D eigenvalue weighted by molar-refractivity contribution is -0.113. The van der Waals surface area contributed by atoms with Crippen LogP contribution >= 0.6 is 23.1 Å². The minimum Gasteiger partial charge on any atom is -0.374 e. The summed E-state index contributed by atoms with van der Waals surface area (Å²) < 4.78 is 25.3. The van der Waals surface area contributed by atoms with Gasteiger partial charge in [-0.05, 0) is 12.1 Å². The van der Waals surface area contributed by atoms with Crippen molar-refractivity contribution in [2.75, 3.05) is 16.8 Å². The van der Waals surface area contributed by atoms with Crippen LogP contribution in [-0.2, 0) is 4.79 Å². The van der Waals surface area contributed by atoms with Crippen molar-refractivity contribution in [3.63, 3.8) is 0 Å². The number of amides is 1. The molecule has 0 saturated heterocycles. The Labute approximate surface area is 121 Å². The van der Waals surface area contributed by atoms with Crippen LogP contribution in [-0.4, -0.2) is 21.9 Å². The molecule has 2 rings (SSSR count). The Balaban J connectivity index is 1.84. The van der Waals surface area contributed by atoms with Gasteiger partial charge in [0.15, 0.2) is 4.34 Å². The van der Waals surface area contributed by atoms with E-state index in [2.05, 4.69) is 15.5 Å². The van der Waals surface area contributed by atoms with Crippen molar-refractivity contribution in [2.24, 2.45) is 0 Å². The average Bonchev–Trinajstić information content (AvgIpc) is 2.83. The van der Waals surface area contributed by atoms with E-state index in [1.54, 1.807) is 0 Å². The second kappa shape index (κ2) is 6.62. The predicted molar refractivity (Wildman–Crippen MR) is 75.1 cm³/mol. The predicted octanol–water partition coefficient (Wildman–Crippen LogP) is 2.79. The Bertz CT molecular complexity index is 588. The molecule has 0 aliphatic rings. The highest BCUT2D eigenvalue weighted by molar-refractivity contribution is 8.01. The number of anilines is 2. The molecule has 0 atom stereocenters. The summed E-state index contributed by atoms with van der Waals surface area (Å²) in [5.74, 6) is -0.112. The maximum atomic E-state index is 12.4. The van der Waals surface area contributed by atoms with Gasteiger partial charge in [-0.1, -0.05) is 35.2 Å². The minimum atomic E-state index is -2.52. The quantitative estimate of drug-likeness (QED) is 0.829. The standard InChI is InChI=1S/C11H10F2N4OS2/c12-9(13)6-1-3-7(4-2-6)15-8(18)5-19-11-17-16-10(14)20-11/h1-4,9H,5H2,(H2,14,16)(H,15,18). The molecule has 0 saturated carbocycles. The number of carbonyl (C=O) groups excluding carboxylic acids is 1. The zero-order chi connectivity index (χ0) is 14.5. The highest BCUT2D eigenvalue weighted by atomic mass is 32.2. The average molecular weight is 316 g/mol. The van der Waals surface area contributed by atoms with Crippen molar-refractivity contribution in [3.8, 4) is 0 Å². The molecule has 1 heterocycles. The Morgan fingerprint density at radius 1 is 1.35 bits per heavy atom. The Kier molecular flexibility index (Phi) is 4.85. The van der Waals surface area contributed by atoms with E-state index in [1.807, 2.05) is 0 Å². The number of aromatic nitrogens is 2. The summed E-state index contributed by atoms with van der Waals surface area (Å²) in [5.41, 5.74) is 5.80. The fourth-order valence-electron chi connectivity index (χ4n) is 1.32. The van der Waals surface area contributed by atoms with Crippen molar-refractivity contribution in [1.82, 2.24) is 10.2 Å². The number of nitrogens with two attached hydrogens (primary N) is 1. The van der Waals surface area contributed by atoms with E-state index in [9.17, 15) is 13.6 Å². The molecular formula is C11H10F2N4OS2. The minimum absolute atomic E-state index is 0.0818. The molecule has 0 bridgehead atoms. The molecule has 1 amide bonds. The Morgan fingerprint density at radius 3 is 2.60 bits per heavy atom. The highest BCUT2D eigenvalue weighted by Gasteiger charge is 2.09. The van der Waals surface area contributed by atoms with Crippen molar-refractivity contribution in [1.29, 1.82) is 0 Å². The van der Waals surface area contributed by atoms with Gasteiger partial charge in [-0.25, -0.2) is 8.78 Å². The smallest absolute Gasteiger partial charge is 0.263 e. The lowest BCUT2D eigenvalue weighted by atomic mass is 10.2. The van der Waals surface area contributed by atoms with Gasteiger partial charge in [0.05, 0.1) is 5.75 Å². The second-order valence-corrected chi connectivity index (χ2v) is 5.90. The number of nitrogen functional groups attached to an aromatic ring is 1. The Morgan fingerprint density at radius 2 is 2.05 bits per heavy atom. The molecule has 0 fully saturated rings. The highest BCUT2D eigenvalue weighted by Crippen LogP contribution is 2.24. The van der Waals surface area contributed by atoms with Gasteiger partial charge in [-0.2, -0.15) is 0 Å². The Hall–Kier alpha value is -1.74. The van der Waals surface area contributed by atoms with Crippen LogP contribution in [0.15, 0.2) is 28.6 Å². The molecular weight excluding hydrogens is 306 g/mol. The molecule has 3 N–H and O–H groups in total. The number of benzene rings is 1. The van der Waals surface area contributed by atoms with Crippen LogP contribution in [0, 0.1) is 0 Å². The lowest BCUT2D eigenvalue weighted by Crippen LogP contribution is -2.13. The zero-order valence-electron chi connectivity index (χ0n) is 10.0. The second-order valence-electron chi connectivity index (χ2n) is 3.67. The van der Waals surface area contributed by atoms with Gasteiger partial charge < -0.3 is 11.1 Å². The van der Waals surface area contributed by atoms with E-state index in [-0.39, 0.29) is 17.2 Å². The first-order valence-corrected chi connectivity index (χ1v) is 7.24. The van der Waals surface area contributed by atoms with Gasteiger partial charge in [-0.15, -0.1) is 10.2 Å². The summed E-state index contributed by atoms with van der Waals surface area (Å²) in [6.45, 7) is 0. The first-order chi connectivity index (χ1) is 9.54. The van der Waals surface area contributed by atoms with Crippen LogP contribution in [0.3, 0.4) is 0 Å². The zero-order valence-corrected chi connectivity index (χ0v) is 11.7. The molecule has 20 heavy (non-hydrogen) atoms. The third-order valence-corrected chi connectivity index (χ3v) is 4.08. The molecule has 0 aliphatic carbocycles. The van der Waals surface area contributed by atoms with Crippen molar-refractivity contribution < 1.29 is 13.6 Å². The molecule has 0 radical (unpaired) electrons. The SMILES string of the molecule is Nc1nnc(SCC(=O)Nc2ccc(C(F)F)cc2)s1. The van der Waals surface area contributed by atoms with E-state index in [1.165, 1.54) is 47.4 Å². The molecule has 0 unspecified atom stereocenters. The van der Waals surface area contributed by atoms with Crippen LogP contribution in [0.4, 0.5) is 19.6 Å². The van der Waals surface area contributed by atoms with Crippen molar-refractivity contribution in [3.05, 3.63) is 29.8 Å². The van der Waals surface area contributed by atoms with Gasteiger partial charge >= 0.3 is 0 Å². The number of halogens is 2. The van der Waals surface area contributed by atoms with Crippen molar-refractivity contribution in [2.45, 2.75) is 10.8 Å². The molecule has 1 aromatic carbocycles. The van der Waals surface area contributed by atoms with Crippen LogP contribution in [0.25, 0.3) is 0 Å². The van der Waals surface area contributed by atoms with Crippen LogP contribution in [0.5, 0.6) is 0 Å². The number of thioether (sulfide) groups is 1. The number of carbonyl (C=O) groups is 1.